The van der Waals surface area contributed by atoms with E-state index in [1.54, 1.807) is 18.3 Å². The van der Waals surface area contributed by atoms with Crippen molar-refractivity contribution >= 4 is 22.3 Å². The Balaban J connectivity index is 1.84. The molecule has 0 fully saturated rings. The zero-order valence-corrected chi connectivity index (χ0v) is 13.4. The summed E-state index contributed by atoms with van der Waals surface area (Å²) < 4.78 is 6.89. The lowest BCUT2D eigenvalue weighted by molar-refractivity contribution is 0.0473. The van der Waals surface area contributed by atoms with Crippen molar-refractivity contribution in [1.82, 2.24) is 4.40 Å². The number of carbonyl (C=O) groups is 1. The molecule has 0 aliphatic carbocycles. The highest BCUT2D eigenvalue weighted by atomic mass is 16.5. The number of rotatable bonds is 3. The average Bonchev–Trinajstić information content (AvgIpc) is 2.67. The molecule has 4 rings (SSSR count). The molecule has 4 heteroatoms. The maximum atomic E-state index is 12.9. The molecule has 2 heterocycles. The molecular formula is C21H15NO3. The van der Waals surface area contributed by atoms with Crippen LogP contribution in [0.4, 0.5) is 0 Å². The smallest absolute Gasteiger partial charge is 0.344 e. The van der Waals surface area contributed by atoms with Crippen LogP contribution in [-0.4, -0.2) is 10.4 Å². The molecule has 0 aliphatic rings. The van der Waals surface area contributed by atoms with Crippen LogP contribution in [0.3, 0.4) is 0 Å². The molecule has 0 spiro atoms. The number of ether oxygens (including phenoxy) is 1. The second-order valence-electron chi connectivity index (χ2n) is 5.74. The zero-order chi connectivity index (χ0) is 17.2. The third-order valence-electron chi connectivity index (χ3n) is 4.18. The van der Waals surface area contributed by atoms with Crippen molar-refractivity contribution < 1.29 is 9.53 Å². The van der Waals surface area contributed by atoms with Crippen molar-refractivity contribution in [3.8, 4) is 0 Å². The number of hydrogen-bond donors (Lipinski definition) is 0. The highest BCUT2D eigenvalue weighted by molar-refractivity contribution is 6.08. The summed E-state index contributed by atoms with van der Waals surface area (Å²) in [5.74, 6) is -0.608. The maximum absolute atomic E-state index is 12.9. The van der Waals surface area contributed by atoms with Gasteiger partial charge in [0.15, 0.2) is 0 Å². The third kappa shape index (κ3) is 2.68. The largest absolute Gasteiger partial charge is 0.457 e. The second-order valence-corrected chi connectivity index (χ2v) is 5.74. The van der Waals surface area contributed by atoms with Crippen LogP contribution in [0.1, 0.15) is 15.9 Å². The summed E-state index contributed by atoms with van der Waals surface area (Å²) in [7, 11) is 0. The summed E-state index contributed by atoms with van der Waals surface area (Å²) in [5, 5.41) is 1.45. The highest BCUT2D eigenvalue weighted by Gasteiger charge is 2.19. The topological polar surface area (TPSA) is 47.8 Å². The van der Waals surface area contributed by atoms with Crippen molar-refractivity contribution in [2.24, 2.45) is 0 Å². The van der Waals surface area contributed by atoms with Crippen LogP contribution in [0.5, 0.6) is 0 Å². The number of nitrogens with zero attached hydrogens (tertiary/aromatic N) is 1. The molecule has 0 bridgehead atoms. The van der Waals surface area contributed by atoms with E-state index < -0.39 is 5.97 Å². The first-order valence-electron chi connectivity index (χ1n) is 7.99. The van der Waals surface area contributed by atoms with Gasteiger partial charge >= 0.3 is 5.97 Å². The first-order chi connectivity index (χ1) is 12.3. The normalized spacial score (nSPS) is 10.9. The summed E-state index contributed by atoms with van der Waals surface area (Å²) >= 11 is 0. The Morgan fingerprint density at radius 1 is 0.840 bits per heavy atom. The molecule has 4 aromatic rings. The molecule has 0 N–H and O–H groups in total. The van der Waals surface area contributed by atoms with Gasteiger partial charge in [-0.3, -0.25) is 9.20 Å². The summed E-state index contributed by atoms with van der Waals surface area (Å²) in [4.78, 5) is 25.5. The lowest BCUT2D eigenvalue weighted by atomic mass is 10.1. The molecule has 0 radical (unpaired) electrons. The second kappa shape index (κ2) is 6.24. The Hall–Kier alpha value is -3.40. The summed E-state index contributed by atoms with van der Waals surface area (Å²) in [6.07, 6.45) is 1.66. The van der Waals surface area contributed by atoms with Crippen LogP contribution in [0.2, 0.25) is 0 Å². The number of carbonyl (C=O) groups excluding carboxylic acids is 1. The third-order valence-corrected chi connectivity index (χ3v) is 4.18. The Morgan fingerprint density at radius 3 is 2.32 bits per heavy atom. The molecule has 2 aromatic heterocycles. The predicted octanol–water partition coefficient (Wildman–Crippen LogP) is 3.81. The number of hydrogen-bond acceptors (Lipinski definition) is 3. The minimum Gasteiger partial charge on any atom is -0.457 e. The van der Waals surface area contributed by atoms with Gasteiger partial charge in [-0.25, -0.2) is 4.79 Å². The van der Waals surface area contributed by atoms with Crippen molar-refractivity contribution in [3.05, 3.63) is 100 Å². The molecular weight excluding hydrogens is 314 g/mol. The number of esters is 1. The van der Waals surface area contributed by atoms with E-state index in [9.17, 15) is 9.59 Å². The van der Waals surface area contributed by atoms with E-state index in [2.05, 4.69) is 0 Å². The molecule has 0 amide bonds. The first kappa shape index (κ1) is 15.1. The standard InChI is InChI=1S/C21H15NO3/c23-20-19(21(24)25-14-15-8-2-1-3-9-15)17-11-5-4-10-16(17)18-12-6-7-13-22(18)20/h1-13H,14H2. The van der Waals surface area contributed by atoms with Crippen molar-refractivity contribution in [1.29, 1.82) is 0 Å². The molecule has 0 unspecified atom stereocenters. The molecule has 0 atom stereocenters. The van der Waals surface area contributed by atoms with E-state index in [0.717, 1.165) is 16.5 Å². The van der Waals surface area contributed by atoms with Crippen LogP contribution < -0.4 is 5.56 Å². The molecule has 0 aliphatic heterocycles. The minimum atomic E-state index is -0.608. The summed E-state index contributed by atoms with van der Waals surface area (Å²) in [5.41, 5.74) is 1.34. The fourth-order valence-electron chi connectivity index (χ4n) is 2.99. The van der Waals surface area contributed by atoms with Gasteiger partial charge in [-0.2, -0.15) is 0 Å². The number of fused-ring (bicyclic) bond motifs is 3. The fourth-order valence-corrected chi connectivity index (χ4v) is 2.99. The van der Waals surface area contributed by atoms with Gasteiger partial charge in [0.25, 0.3) is 5.56 Å². The quantitative estimate of drug-likeness (QED) is 0.424. The zero-order valence-electron chi connectivity index (χ0n) is 13.4. The molecule has 0 saturated carbocycles. The van der Waals surface area contributed by atoms with Gasteiger partial charge in [0.1, 0.15) is 12.2 Å². The Bertz CT molecular complexity index is 1130. The van der Waals surface area contributed by atoms with E-state index in [-0.39, 0.29) is 17.7 Å². The van der Waals surface area contributed by atoms with Gasteiger partial charge in [0.05, 0.1) is 5.52 Å². The van der Waals surface area contributed by atoms with E-state index in [4.69, 9.17) is 4.74 Å². The van der Waals surface area contributed by atoms with Gasteiger partial charge in [-0.15, -0.1) is 0 Å². The maximum Gasteiger partial charge on any atom is 0.344 e. The highest BCUT2D eigenvalue weighted by Crippen LogP contribution is 2.22. The number of aromatic nitrogens is 1. The van der Waals surface area contributed by atoms with Crippen LogP contribution in [0, 0.1) is 0 Å². The lowest BCUT2D eigenvalue weighted by Gasteiger charge is -2.10. The van der Waals surface area contributed by atoms with Crippen LogP contribution in [0.25, 0.3) is 16.3 Å². The lowest BCUT2D eigenvalue weighted by Crippen LogP contribution is -2.24. The number of benzene rings is 2. The Morgan fingerprint density at radius 2 is 1.52 bits per heavy atom. The van der Waals surface area contributed by atoms with E-state index >= 15 is 0 Å². The fraction of sp³-hybridized carbons (Fsp3) is 0.0476. The van der Waals surface area contributed by atoms with Crippen molar-refractivity contribution in [2.75, 3.05) is 0 Å². The first-order valence-corrected chi connectivity index (χ1v) is 7.99. The van der Waals surface area contributed by atoms with Crippen molar-refractivity contribution in [3.63, 3.8) is 0 Å². The van der Waals surface area contributed by atoms with E-state index in [1.807, 2.05) is 60.7 Å². The van der Waals surface area contributed by atoms with Gasteiger partial charge in [-0.05, 0) is 17.7 Å². The Labute approximate surface area is 143 Å². The monoisotopic (exact) mass is 329 g/mol. The molecule has 4 nitrogen and oxygen atoms in total. The SMILES string of the molecule is O=C(OCc1ccccc1)c1c(=O)n2ccccc2c2ccccc12. The van der Waals surface area contributed by atoms with Crippen molar-refractivity contribution in [2.45, 2.75) is 6.61 Å². The predicted molar refractivity (Wildman–Crippen MR) is 96.7 cm³/mol. The molecule has 122 valence electrons. The molecule has 2 aromatic carbocycles. The minimum absolute atomic E-state index is 0.0650. The van der Waals surface area contributed by atoms with Gasteiger partial charge in [-0.1, -0.05) is 60.7 Å². The summed E-state index contributed by atoms with van der Waals surface area (Å²) in [6, 6.07) is 22.3. The number of pyridine rings is 2. The van der Waals surface area contributed by atoms with Crippen LogP contribution >= 0.6 is 0 Å². The Kier molecular flexibility index (Phi) is 3.78. The van der Waals surface area contributed by atoms with E-state index in [0.29, 0.717) is 5.39 Å². The van der Waals surface area contributed by atoms with Crippen LogP contribution in [-0.2, 0) is 11.3 Å². The summed E-state index contributed by atoms with van der Waals surface area (Å²) in [6.45, 7) is 0.130. The van der Waals surface area contributed by atoms with E-state index in [1.165, 1.54) is 4.40 Å². The molecule has 25 heavy (non-hydrogen) atoms. The van der Waals surface area contributed by atoms with Crippen LogP contribution in [0.15, 0.2) is 83.8 Å². The average molecular weight is 329 g/mol. The van der Waals surface area contributed by atoms with Gasteiger partial charge in [0, 0.05) is 17.0 Å². The van der Waals surface area contributed by atoms with Gasteiger partial charge < -0.3 is 4.74 Å². The van der Waals surface area contributed by atoms with Gasteiger partial charge in [0.2, 0.25) is 0 Å². The molecule has 0 saturated heterocycles.